The van der Waals surface area contributed by atoms with E-state index in [1.165, 1.54) is 0 Å². The summed E-state index contributed by atoms with van der Waals surface area (Å²) in [5.74, 6) is 0.864. The lowest BCUT2D eigenvalue weighted by atomic mass is 9.95. The van der Waals surface area contributed by atoms with Crippen LogP contribution < -0.4 is 0 Å². The smallest absolute Gasteiger partial charge is 0.146 e. The standard InChI is InChI=1S/C43H24N2O2/c1-2-12-25(13-3-1)31-24-37(44-32-18-8-4-14-26(31)32)45-33-19-9-5-15-27(33)41-42(45)30-22-23-36-38(28-16-6-10-20-34(28)46-36)39(30)40-29-17-7-11-21-35(29)47-43(40)41/h1-24H. The average Bonchev–Trinajstić information content (AvgIpc) is 3.81. The molecule has 0 aliphatic heterocycles. The zero-order chi connectivity index (χ0) is 30.6. The van der Waals surface area contributed by atoms with Crippen LogP contribution in [0.2, 0.25) is 0 Å². The van der Waals surface area contributed by atoms with Gasteiger partial charge in [-0.1, -0.05) is 103 Å². The van der Waals surface area contributed by atoms with Crippen LogP contribution in [0.3, 0.4) is 0 Å². The Balaban J connectivity index is 1.42. The molecule has 4 heteroatoms. The van der Waals surface area contributed by atoms with Crippen molar-refractivity contribution in [3.63, 3.8) is 0 Å². The number of aromatic nitrogens is 2. The summed E-state index contributed by atoms with van der Waals surface area (Å²) >= 11 is 0. The van der Waals surface area contributed by atoms with Gasteiger partial charge in [-0.25, -0.2) is 4.98 Å². The summed E-state index contributed by atoms with van der Waals surface area (Å²) in [6.07, 6.45) is 0. The van der Waals surface area contributed by atoms with Crippen molar-refractivity contribution in [3.05, 3.63) is 146 Å². The predicted octanol–water partition coefficient (Wildman–Crippen LogP) is 12.0. The monoisotopic (exact) mass is 600 g/mol. The molecule has 4 aromatic heterocycles. The average molecular weight is 601 g/mol. The Labute approximate surface area is 267 Å². The van der Waals surface area contributed by atoms with E-state index in [4.69, 9.17) is 13.8 Å². The molecule has 7 aromatic carbocycles. The molecule has 0 amide bonds. The SMILES string of the molecule is c1ccc(-c2cc(-n3c4ccccc4c4c5oc6ccccc6c5c5c(ccc6oc7ccccc7c65)c43)nc3ccccc23)cc1. The lowest BCUT2D eigenvalue weighted by Gasteiger charge is -2.14. The molecule has 4 heterocycles. The normalized spacial score (nSPS) is 12.3. The van der Waals surface area contributed by atoms with E-state index in [9.17, 15) is 0 Å². The quantitative estimate of drug-likeness (QED) is 0.198. The lowest BCUT2D eigenvalue weighted by molar-refractivity contribution is 0.669. The lowest BCUT2D eigenvalue weighted by Crippen LogP contribution is -2.00. The van der Waals surface area contributed by atoms with Crippen LogP contribution in [0.1, 0.15) is 0 Å². The second-order valence-electron chi connectivity index (χ2n) is 12.2. The van der Waals surface area contributed by atoms with Gasteiger partial charge in [0.05, 0.1) is 21.9 Å². The number of furan rings is 2. The van der Waals surface area contributed by atoms with Gasteiger partial charge < -0.3 is 8.83 Å². The first-order valence-corrected chi connectivity index (χ1v) is 15.9. The van der Waals surface area contributed by atoms with E-state index in [-0.39, 0.29) is 0 Å². The Kier molecular flexibility index (Phi) is 4.81. The van der Waals surface area contributed by atoms with Crippen molar-refractivity contribution in [1.82, 2.24) is 9.55 Å². The van der Waals surface area contributed by atoms with Crippen LogP contribution >= 0.6 is 0 Å². The number of nitrogens with zero attached hydrogens (tertiary/aromatic N) is 2. The Hall–Kier alpha value is -6.39. The molecular formula is C43H24N2O2. The fraction of sp³-hybridized carbons (Fsp3) is 0. The molecule has 0 fully saturated rings. The van der Waals surface area contributed by atoms with Crippen LogP contribution in [-0.2, 0) is 0 Å². The minimum Gasteiger partial charge on any atom is -0.456 e. The summed E-state index contributed by atoms with van der Waals surface area (Å²) in [5, 5.41) is 10.0. The first-order chi connectivity index (χ1) is 23.3. The van der Waals surface area contributed by atoms with Gasteiger partial charge >= 0.3 is 0 Å². The molecule has 0 N–H and O–H groups in total. The molecule has 0 unspecified atom stereocenters. The largest absolute Gasteiger partial charge is 0.456 e. The van der Waals surface area contributed by atoms with Gasteiger partial charge in [0, 0.05) is 43.1 Å². The third kappa shape index (κ3) is 3.28. The van der Waals surface area contributed by atoms with Gasteiger partial charge in [-0.3, -0.25) is 4.57 Å². The first kappa shape index (κ1) is 24.9. The highest BCUT2D eigenvalue weighted by Crippen LogP contribution is 2.49. The number of hydrogen-bond donors (Lipinski definition) is 0. The maximum Gasteiger partial charge on any atom is 0.146 e. The summed E-state index contributed by atoms with van der Waals surface area (Å²) in [4.78, 5) is 5.35. The summed E-state index contributed by atoms with van der Waals surface area (Å²) in [6.45, 7) is 0. The maximum atomic E-state index is 6.87. The van der Waals surface area contributed by atoms with Crippen molar-refractivity contribution in [1.29, 1.82) is 0 Å². The number of benzene rings is 7. The van der Waals surface area contributed by atoms with Crippen LogP contribution in [0, 0.1) is 0 Å². The Morgan fingerprint density at radius 3 is 1.94 bits per heavy atom. The van der Waals surface area contributed by atoms with Gasteiger partial charge in [0.1, 0.15) is 28.1 Å². The fourth-order valence-corrected chi connectivity index (χ4v) is 7.84. The van der Waals surface area contributed by atoms with Crippen LogP contribution in [0.4, 0.5) is 0 Å². The van der Waals surface area contributed by atoms with Crippen LogP contribution in [-0.4, -0.2) is 9.55 Å². The van der Waals surface area contributed by atoms with E-state index in [0.717, 1.165) is 104 Å². The molecule has 11 rings (SSSR count). The highest BCUT2D eigenvalue weighted by Gasteiger charge is 2.26. The highest BCUT2D eigenvalue weighted by molar-refractivity contribution is 6.40. The van der Waals surface area contributed by atoms with Crippen molar-refractivity contribution < 1.29 is 8.83 Å². The van der Waals surface area contributed by atoms with E-state index in [1.54, 1.807) is 0 Å². The third-order valence-electron chi connectivity index (χ3n) is 9.76. The second kappa shape index (κ2) is 9.09. The molecule has 0 aliphatic rings. The zero-order valence-electron chi connectivity index (χ0n) is 25.1. The first-order valence-electron chi connectivity index (χ1n) is 15.9. The highest BCUT2D eigenvalue weighted by atomic mass is 16.3. The van der Waals surface area contributed by atoms with Crippen molar-refractivity contribution in [3.8, 4) is 16.9 Å². The minimum absolute atomic E-state index is 0.863. The zero-order valence-corrected chi connectivity index (χ0v) is 25.1. The molecule has 0 bridgehead atoms. The molecule has 218 valence electrons. The van der Waals surface area contributed by atoms with Crippen molar-refractivity contribution in [2.75, 3.05) is 0 Å². The van der Waals surface area contributed by atoms with Crippen molar-refractivity contribution in [2.45, 2.75) is 0 Å². The molecule has 0 spiro atoms. The topological polar surface area (TPSA) is 44.1 Å². The van der Waals surface area contributed by atoms with E-state index in [2.05, 4.69) is 132 Å². The molecule has 0 atom stereocenters. The Morgan fingerprint density at radius 2 is 1.11 bits per heavy atom. The molecule has 0 saturated carbocycles. The number of rotatable bonds is 2. The second-order valence-corrected chi connectivity index (χ2v) is 12.2. The molecule has 0 saturated heterocycles. The van der Waals surface area contributed by atoms with Gasteiger partial charge in [-0.05, 0) is 53.6 Å². The predicted molar refractivity (Wildman–Crippen MR) is 194 cm³/mol. The number of fused-ring (bicyclic) bond motifs is 15. The Morgan fingerprint density at radius 1 is 0.447 bits per heavy atom. The van der Waals surface area contributed by atoms with Crippen molar-refractivity contribution in [2.24, 2.45) is 0 Å². The fourth-order valence-electron chi connectivity index (χ4n) is 7.84. The van der Waals surface area contributed by atoms with E-state index < -0.39 is 0 Å². The minimum atomic E-state index is 0.863. The summed E-state index contributed by atoms with van der Waals surface area (Å²) in [5.41, 5.74) is 8.89. The molecular weight excluding hydrogens is 576 g/mol. The van der Waals surface area contributed by atoms with Gasteiger partial charge in [0.15, 0.2) is 0 Å². The van der Waals surface area contributed by atoms with Gasteiger partial charge in [0.25, 0.3) is 0 Å². The van der Waals surface area contributed by atoms with Gasteiger partial charge in [-0.2, -0.15) is 0 Å². The molecule has 0 aliphatic carbocycles. The third-order valence-corrected chi connectivity index (χ3v) is 9.76. The molecule has 4 nitrogen and oxygen atoms in total. The number of pyridine rings is 1. The Bertz CT molecular complexity index is 3070. The van der Waals surface area contributed by atoms with Crippen LogP contribution in [0.25, 0.3) is 104 Å². The molecule has 47 heavy (non-hydrogen) atoms. The van der Waals surface area contributed by atoms with Crippen LogP contribution in [0.5, 0.6) is 0 Å². The molecule has 0 radical (unpaired) electrons. The summed E-state index contributed by atoms with van der Waals surface area (Å²) in [7, 11) is 0. The van der Waals surface area contributed by atoms with E-state index in [1.807, 2.05) is 18.2 Å². The van der Waals surface area contributed by atoms with Gasteiger partial charge in [0.2, 0.25) is 0 Å². The van der Waals surface area contributed by atoms with Crippen LogP contribution in [0.15, 0.2) is 154 Å². The number of para-hydroxylation sites is 4. The van der Waals surface area contributed by atoms with Gasteiger partial charge in [-0.15, -0.1) is 0 Å². The van der Waals surface area contributed by atoms with Crippen molar-refractivity contribution >= 4 is 87.4 Å². The maximum absolute atomic E-state index is 6.87. The number of hydrogen-bond acceptors (Lipinski definition) is 3. The van der Waals surface area contributed by atoms with E-state index >= 15 is 0 Å². The van der Waals surface area contributed by atoms with E-state index in [0.29, 0.717) is 0 Å². The summed E-state index contributed by atoms with van der Waals surface area (Å²) < 4.78 is 15.7. The summed E-state index contributed by atoms with van der Waals surface area (Å²) in [6, 6.07) is 50.9. The molecule has 11 aromatic rings.